The molecule has 22 heavy (non-hydrogen) atoms. The molecule has 0 atom stereocenters. The lowest BCUT2D eigenvalue weighted by molar-refractivity contribution is 0.0977. The van der Waals surface area contributed by atoms with Crippen molar-refractivity contribution in [3.05, 3.63) is 71.0 Å². The molecule has 4 heteroatoms. The second-order valence-electron chi connectivity index (χ2n) is 5.50. The molecule has 2 aromatic heterocycles. The van der Waals surface area contributed by atoms with Crippen LogP contribution < -0.4 is 0 Å². The number of fused-ring (bicyclic) bond motifs is 6. The second-order valence-corrected chi connectivity index (χ2v) is 5.50. The maximum absolute atomic E-state index is 12.9. The van der Waals surface area contributed by atoms with Gasteiger partial charge in [-0.2, -0.15) is 0 Å². The number of hydrogen-bond donors (Lipinski definition) is 2. The molecule has 0 saturated heterocycles. The van der Waals surface area contributed by atoms with E-state index in [1.807, 2.05) is 48.5 Å². The molecule has 1 aliphatic rings. The monoisotopic (exact) mass is 286 g/mol. The number of aromatic amines is 2. The number of hydrogen-bond acceptors (Lipinski definition) is 2. The van der Waals surface area contributed by atoms with Crippen LogP contribution in [0.4, 0.5) is 0 Å². The van der Waals surface area contributed by atoms with Crippen LogP contribution in [0.5, 0.6) is 0 Å². The first kappa shape index (κ1) is 11.5. The van der Waals surface area contributed by atoms with Gasteiger partial charge in [0.2, 0.25) is 11.6 Å². The molecule has 0 radical (unpaired) electrons. The van der Waals surface area contributed by atoms with Gasteiger partial charge in [-0.15, -0.1) is 0 Å². The van der Waals surface area contributed by atoms with E-state index < -0.39 is 0 Å². The van der Waals surface area contributed by atoms with Crippen molar-refractivity contribution in [3.8, 4) is 0 Å². The lowest BCUT2D eigenvalue weighted by atomic mass is 9.90. The van der Waals surface area contributed by atoms with Crippen molar-refractivity contribution in [2.75, 3.05) is 0 Å². The highest BCUT2D eigenvalue weighted by atomic mass is 16.1. The number of H-pyrrole nitrogens is 2. The summed E-state index contributed by atoms with van der Waals surface area (Å²) in [5, 5.41) is 1.58. The molecule has 0 bridgehead atoms. The predicted molar refractivity (Wildman–Crippen MR) is 83.5 cm³/mol. The first-order chi connectivity index (χ1) is 10.8. The van der Waals surface area contributed by atoms with Crippen molar-refractivity contribution < 1.29 is 9.59 Å². The molecule has 5 rings (SSSR count). The van der Waals surface area contributed by atoms with Crippen molar-refractivity contribution in [1.82, 2.24) is 9.97 Å². The lowest BCUT2D eigenvalue weighted by Crippen LogP contribution is -2.19. The zero-order chi connectivity index (χ0) is 14.8. The number of nitrogens with one attached hydrogen (secondary N) is 2. The molecule has 0 spiro atoms. The first-order valence-electron chi connectivity index (χ1n) is 7.06. The molecule has 104 valence electrons. The predicted octanol–water partition coefficient (Wildman–Crippen LogP) is 3.42. The summed E-state index contributed by atoms with van der Waals surface area (Å²) < 4.78 is 0. The third kappa shape index (κ3) is 1.22. The summed E-state index contributed by atoms with van der Waals surface area (Å²) in [6, 6.07) is 15.0. The molecule has 4 aromatic rings. The fourth-order valence-corrected chi connectivity index (χ4v) is 3.35. The highest BCUT2D eigenvalue weighted by Crippen LogP contribution is 2.35. The van der Waals surface area contributed by atoms with Crippen LogP contribution in [-0.4, -0.2) is 21.5 Å². The van der Waals surface area contributed by atoms with Gasteiger partial charge in [-0.25, -0.2) is 0 Å². The Kier molecular flexibility index (Phi) is 1.96. The number of aromatic nitrogens is 2. The molecule has 1 aliphatic carbocycles. The quantitative estimate of drug-likeness (QED) is 0.458. The van der Waals surface area contributed by atoms with Crippen molar-refractivity contribution in [1.29, 1.82) is 0 Å². The van der Waals surface area contributed by atoms with E-state index in [2.05, 4.69) is 9.97 Å². The molecular formula is C18H10N2O2. The van der Waals surface area contributed by atoms with Crippen molar-refractivity contribution in [2.45, 2.75) is 0 Å². The van der Waals surface area contributed by atoms with Crippen LogP contribution in [-0.2, 0) is 0 Å². The fraction of sp³-hybridized carbons (Fsp3) is 0. The Bertz CT molecular complexity index is 1020. The fourth-order valence-electron chi connectivity index (χ4n) is 3.35. The Morgan fingerprint density at radius 1 is 0.591 bits per heavy atom. The molecule has 0 unspecified atom stereocenters. The Morgan fingerprint density at radius 3 is 1.45 bits per heavy atom. The van der Waals surface area contributed by atoms with Gasteiger partial charge in [0.15, 0.2) is 0 Å². The third-order valence-corrected chi connectivity index (χ3v) is 4.32. The van der Waals surface area contributed by atoms with Gasteiger partial charge in [-0.3, -0.25) is 9.59 Å². The van der Waals surface area contributed by atoms with E-state index in [4.69, 9.17) is 0 Å². The first-order valence-corrected chi connectivity index (χ1v) is 7.06. The van der Waals surface area contributed by atoms with Crippen LogP contribution in [0.2, 0.25) is 0 Å². The average molecular weight is 286 g/mol. The summed E-state index contributed by atoms with van der Waals surface area (Å²) in [4.78, 5) is 32.0. The van der Waals surface area contributed by atoms with E-state index in [1.165, 1.54) is 0 Å². The number of para-hydroxylation sites is 2. The number of benzene rings is 2. The maximum Gasteiger partial charge on any atom is 0.212 e. The van der Waals surface area contributed by atoms with Gasteiger partial charge in [-0.05, 0) is 12.1 Å². The van der Waals surface area contributed by atoms with Gasteiger partial charge in [0.1, 0.15) is 0 Å². The van der Waals surface area contributed by atoms with Crippen LogP contribution in [0, 0.1) is 0 Å². The van der Waals surface area contributed by atoms with Gasteiger partial charge < -0.3 is 9.97 Å². The summed E-state index contributed by atoms with van der Waals surface area (Å²) in [5.74, 6) is -0.253. The van der Waals surface area contributed by atoms with Crippen LogP contribution in [0.3, 0.4) is 0 Å². The molecule has 0 saturated carbocycles. The van der Waals surface area contributed by atoms with Gasteiger partial charge in [0, 0.05) is 21.8 Å². The van der Waals surface area contributed by atoms with Gasteiger partial charge >= 0.3 is 0 Å². The maximum atomic E-state index is 12.9. The molecular weight excluding hydrogens is 276 g/mol. The van der Waals surface area contributed by atoms with Crippen molar-refractivity contribution >= 4 is 33.4 Å². The Hall–Kier alpha value is -3.14. The average Bonchev–Trinajstić information content (AvgIpc) is 3.12. The highest BCUT2D eigenvalue weighted by molar-refractivity contribution is 6.34. The Labute approximate surface area is 124 Å². The van der Waals surface area contributed by atoms with E-state index >= 15 is 0 Å². The van der Waals surface area contributed by atoms with Crippen LogP contribution in [0.1, 0.15) is 32.1 Å². The van der Waals surface area contributed by atoms with Crippen LogP contribution in [0.15, 0.2) is 48.5 Å². The number of carbonyl (C=O) groups excluding carboxylic acids is 2. The van der Waals surface area contributed by atoms with E-state index in [0.29, 0.717) is 22.5 Å². The van der Waals surface area contributed by atoms with Gasteiger partial charge in [0.25, 0.3) is 0 Å². The molecule has 0 amide bonds. The third-order valence-electron chi connectivity index (χ3n) is 4.32. The molecule has 0 fully saturated rings. The van der Waals surface area contributed by atoms with E-state index in [9.17, 15) is 9.59 Å². The molecule has 2 aromatic carbocycles. The largest absolute Gasteiger partial charge is 0.351 e. The van der Waals surface area contributed by atoms with E-state index in [-0.39, 0.29) is 11.6 Å². The second kappa shape index (κ2) is 3.74. The standard InChI is InChI=1S/C18H10N2O2/c21-17-13-9-5-1-3-7-11(9)19-15(13)18(22)14-10-6-2-4-8-12(10)20-16(14)17/h1-8,19-20H. The summed E-state index contributed by atoms with van der Waals surface area (Å²) >= 11 is 0. The summed E-state index contributed by atoms with van der Waals surface area (Å²) in [5.41, 5.74) is 3.35. The minimum Gasteiger partial charge on any atom is -0.351 e. The van der Waals surface area contributed by atoms with Gasteiger partial charge in [-0.1, -0.05) is 36.4 Å². The Morgan fingerprint density at radius 2 is 1.00 bits per heavy atom. The molecule has 2 heterocycles. The van der Waals surface area contributed by atoms with E-state index in [0.717, 1.165) is 21.8 Å². The summed E-state index contributed by atoms with van der Waals surface area (Å²) in [6.07, 6.45) is 0. The summed E-state index contributed by atoms with van der Waals surface area (Å²) in [7, 11) is 0. The van der Waals surface area contributed by atoms with Crippen LogP contribution >= 0.6 is 0 Å². The highest BCUT2D eigenvalue weighted by Gasteiger charge is 2.35. The number of carbonyl (C=O) groups is 2. The van der Waals surface area contributed by atoms with Crippen molar-refractivity contribution in [2.24, 2.45) is 0 Å². The topological polar surface area (TPSA) is 65.7 Å². The molecule has 0 aliphatic heterocycles. The zero-order valence-electron chi connectivity index (χ0n) is 11.4. The lowest BCUT2D eigenvalue weighted by Gasteiger charge is -2.10. The number of ketones is 2. The van der Waals surface area contributed by atoms with Crippen molar-refractivity contribution in [3.63, 3.8) is 0 Å². The molecule has 2 N–H and O–H groups in total. The van der Waals surface area contributed by atoms with E-state index in [1.54, 1.807) is 0 Å². The van der Waals surface area contributed by atoms with Gasteiger partial charge in [0.05, 0.1) is 22.5 Å². The SMILES string of the molecule is O=C1c2[nH]c3ccccc3c2C(=O)c2[nH]c3ccccc3c21. The minimum absolute atomic E-state index is 0.127. The minimum atomic E-state index is -0.127. The number of rotatable bonds is 0. The Balaban J connectivity index is 1.93. The summed E-state index contributed by atoms with van der Waals surface area (Å²) in [6.45, 7) is 0. The zero-order valence-corrected chi connectivity index (χ0v) is 11.4. The molecule has 4 nitrogen and oxygen atoms in total. The van der Waals surface area contributed by atoms with Crippen LogP contribution in [0.25, 0.3) is 21.8 Å². The normalized spacial score (nSPS) is 13.6. The smallest absolute Gasteiger partial charge is 0.212 e.